The van der Waals surface area contributed by atoms with Gasteiger partial charge in [0.15, 0.2) is 0 Å². The number of piperazine rings is 1. The van der Waals surface area contributed by atoms with E-state index in [1.54, 1.807) is 19.1 Å². The lowest BCUT2D eigenvalue weighted by molar-refractivity contribution is -0.131. The van der Waals surface area contributed by atoms with Crippen LogP contribution in [0.4, 0.5) is 4.39 Å². The maximum absolute atomic E-state index is 14.2. The van der Waals surface area contributed by atoms with Gasteiger partial charge in [-0.3, -0.25) is 13.9 Å². The van der Waals surface area contributed by atoms with Crippen molar-refractivity contribution in [2.75, 3.05) is 45.5 Å². The number of hydrogen-bond donors (Lipinski definition) is 2. The molecule has 2 atom stereocenters. The molecule has 2 aromatic carbocycles. The average molecular weight is 511 g/mol. The maximum atomic E-state index is 14.2. The minimum Gasteiger partial charge on any atom is -0.437 e. The van der Waals surface area contributed by atoms with Crippen LogP contribution in [-0.4, -0.2) is 77.5 Å². The molecule has 1 heterocycles. The van der Waals surface area contributed by atoms with E-state index in [0.29, 0.717) is 32.5 Å². The highest BCUT2D eigenvalue weighted by atomic mass is 32.2. The smallest absolute Gasteiger partial charge is 0.373 e. The molecule has 1 amide bonds. The van der Waals surface area contributed by atoms with Gasteiger partial charge in [0.05, 0.1) is 6.42 Å². The van der Waals surface area contributed by atoms with Gasteiger partial charge in [0, 0.05) is 60.6 Å². The Kier molecular flexibility index (Phi) is 8.77. The van der Waals surface area contributed by atoms with E-state index in [2.05, 4.69) is 17.1 Å². The molecule has 1 aliphatic carbocycles. The number of rotatable bonds is 9. The number of nitrogens with zero attached hydrogens (tertiary/aromatic N) is 2. The van der Waals surface area contributed by atoms with Crippen LogP contribution in [0.3, 0.4) is 0 Å². The van der Waals surface area contributed by atoms with Crippen LogP contribution < -0.4 is 5.23 Å². The zero-order chi connectivity index (χ0) is 25.8. The average Bonchev–Trinajstić information content (AvgIpc) is 3.09. The molecule has 1 aliphatic heterocycles. The van der Waals surface area contributed by atoms with Gasteiger partial charge in [-0.2, -0.15) is 0 Å². The molecule has 0 bridgehead atoms. The van der Waals surface area contributed by atoms with Crippen LogP contribution in [0.5, 0.6) is 0 Å². The molecule has 1 fully saturated rings. The molecule has 1 saturated heterocycles. The van der Waals surface area contributed by atoms with Crippen LogP contribution in [-0.2, 0) is 22.0 Å². The Morgan fingerprint density at radius 3 is 2.50 bits per heavy atom. The molecule has 2 aromatic rings. The number of fused-ring (bicyclic) bond motifs is 1. The highest BCUT2D eigenvalue weighted by Gasteiger charge is 2.32. The van der Waals surface area contributed by atoms with Crippen molar-refractivity contribution in [2.24, 2.45) is 0 Å². The quantitative estimate of drug-likeness (QED) is 0.507. The highest BCUT2D eigenvalue weighted by molar-refractivity contribution is 7.84. The lowest BCUT2D eigenvalue weighted by atomic mass is 9.89. The highest BCUT2D eigenvalue weighted by Crippen LogP contribution is 2.45. The minimum absolute atomic E-state index is 0.00902. The largest absolute Gasteiger partial charge is 0.437 e. The first-order chi connectivity index (χ1) is 17.2. The SMILES string of the molecule is CB(O)NCCN1CCN(C(=O)CC2=C(C)C(Cc3ccc(S(C)=O)cc3)c3cc(F)ccc32)CC1. The van der Waals surface area contributed by atoms with Gasteiger partial charge < -0.3 is 15.2 Å². The molecule has 0 saturated carbocycles. The summed E-state index contributed by atoms with van der Waals surface area (Å²) in [4.78, 5) is 18.3. The number of amides is 1. The van der Waals surface area contributed by atoms with Crippen molar-refractivity contribution in [1.29, 1.82) is 0 Å². The van der Waals surface area contributed by atoms with E-state index in [4.69, 9.17) is 0 Å². The van der Waals surface area contributed by atoms with Crippen LogP contribution in [0.1, 0.15) is 36.0 Å². The molecule has 2 unspecified atom stereocenters. The van der Waals surface area contributed by atoms with E-state index < -0.39 is 17.9 Å². The van der Waals surface area contributed by atoms with Gasteiger partial charge in [-0.05, 0) is 73.2 Å². The zero-order valence-corrected chi connectivity index (χ0v) is 22.1. The lowest BCUT2D eigenvalue weighted by Crippen LogP contribution is -2.50. The molecule has 6 nitrogen and oxygen atoms in total. The Hall–Kier alpha value is -2.33. The van der Waals surface area contributed by atoms with Gasteiger partial charge in [0.1, 0.15) is 5.82 Å². The fraction of sp³-hybridized carbons (Fsp3) is 0.444. The summed E-state index contributed by atoms with van der Waals surface area (Å²) in [5.41, 5.74) is 5.14. The number of hydrogen-bond acceptors (Lipinski definition) is 5. The van der Waals surface area contributed by atoms with E-state index in [0.717, 1.165) is 52.4 Å². The topological polar surface area (TPSA) is 72.9 Å². The Morgan fingerprint density at radius 1 is 1.17 bits per heavy atom. The van der Waals surface area contributed by atoms with E-state index in [1.807, 2.05) is 35.2 Å². The minimum atomic E-state index is -1.03. The Balaban J connectivity index is 1.45. The van der Waals surface area contributed by atoms with Crippen molar-refractivity contribution >= 4 is 29.3 Å². The van der Waals surface area contributed by atoms with Gasteiger partial charge in [0.25, 0.3) is 0 Å². The molecule has 4 rings (SSSR count). The standard InChI is InChI=1S/C27H35BFN3O3S/c1-19-24(16-20-4-7-22(8-5-20)36(3)35)26-17-21(29)6-9-23(26)25(19)18-27(33)32-14-12-31(13-15-32)11-10-30-28(2)34/h4-9,17,24,30,34H,10-16,18H2,1-3H3. The number of carbonyl (C=O) groups excluding carboxylic acids is 1. The predicted octanol–water partition coefficient (Wildman–Crippen LogP) is 2.91. The van der Waals surface area contributed by atoms with E-state index in [1.165, 1.54) is 6.07 Å². The molecule has 9 heteroatoms. The number of carbonyl (C=O) groups is 1. The summed E-state index contributed by atoms with van der Waals surface area (Å²) in [6, 6.07) is 12.6. The van der Waals surface area contributed by atoms with Crippen molar-refractivity contribution in [1.82, 2.24) is 15.0 Å². The van der Waals surface area contributed by atoms with Gasteiger partial charge in [-0.25, -0.2) is 4.39 Å². The van der Waals surface area contributed by atoms with Crippen molar-refractivity contribution in [3.8, 4) is 0 Å². The second-order valence-corrected chi connectivity index (χ2v) is 11.2. The summed E-state index contributed by atoms with van der Waals surface area (Å²) < 4.78 is 26.0. The van der Waals surface area contributed by atoms with E-state index >= 15 is 0 Å². The van der Waals surface area contributed by atoms with Gasteiger partial charge in [-0.15, -0.1) is 0 Å². The third kappa shape index (κ3) is 6.32. The third-order valence-electron chi connectivity index (χ3n) is 7.33. The fourth-order valence-corrected chi connectivity index (χ4v) is 5.74. The third-order valence-corrected chi connectivity index (χ3v) is 8.26. The summed E-state index contributed by atoms with van der Waals surface area (Å²) in [7, 11) is -1.54. The molecule has 192 valence electrons. The molecule has 36 heavy (non-hydrogen) atoms. The van der Waals surface area contributed by atoms with Crippen LogP contribution in [0.15, 0.2) is 52.9 Å². The Morgan fingerprint density at radius 2 is 1.86 bits per heavy atom. The molecule has 0 aromatic heterocycles. The number of benzene rings is 2. The number of allylic oxidation sites excluding steroid dienone is 1. The molecule has 0 radical (unpaired) electrons. The van der Waals surface area contributed by atoms with Gasteiger partial charge in [0.2, 0.25) is 5.91 Å². The number of nitrogens with one attached hydrogen (secondary N) is 1. The van der Waals surface area contributed by atoms with Gasteiger partial charge >= 0.3 is 7.05 Å². The summed E-state index contributed by atoms with van der Waals surface area (Å²) in [6.45, 7) is 8.32. The second-order valence-electron chi connectivity index (χ2n) is 9.78. The first-order valence-electron chi connectivity index (χ1n) is 12.6. The predicted molar refractivity (Wildman–Crippen MR) is 144 cm³/mol. The van der Waals surface area contributed by atoms with Crippen molar-refractivity contribution in [2.45, 2.75) is 37.4 Å². The van der Waals surface area contributed by atoms with Crippen LogP contribution >= 0.6 is 0 Å². The zero-order valence-electron chi connectivity index (χ0n) is 21.3. The Labute approximate surface area is 216 Å². The molecular formula is C27H35BFN3O3S. The second kappa shape index (κ2) is 11.8. The van der Waals surface area contributed by atoms with Crippen molar-refractivity contribution in [3.63, 3.8) is 0 Å². The first-order valence-corrected chi connectivity index (χ1v) is 14.1. The summed E-state index contributed by atoms with van der Waals surface area (Å²) in [6.07, 6.45) is 2.68. The lowest BCUT2D eigenvalue weighted by Gasteiger charge is -2.35. The fourth-order valence-electron chi connectivity index (χ4n) is 5.22. The van der Waals surface area contributed by atoms with Crippen molar-refractivity contribution < 1.29 is 18.4 Å². The summed E-state index contributed by atoms with van der Waals surface area (Å²) in [5.74, 6) is -0.149. The molecule has 2 aliphatic rings. The molecule has 0 spiro atoms. The maximum Gasteiger partial charge on any atom is 0.373 e. The summed E-state index contributed by atoms with van der Waals surface area (Å²) in [5, 5.41) is 12.4. The normalized spacial score (nSPS) is 18.9. The van der Waals surface area contributed by atoms with Crippen LogP contribution in [0, 0.1) is 5.82 Å². The molecule has 2 N–H and O–H groups in total. The van der Waals surface area contributed by atoms with E-state index in [9.17, 15) is 18.4 Å². The van der Waals surface area contributed by atoms with Crippen LogP contribution in [0.25, 0.3) is 5.57 Å². The van der Waals surface area contributed by atoms with Crippen molar-refractivity contribution in [3.05, 3.63) is 70.5 Å². The first kappa shape index (κ1) is 26.7. The Bertz CT molecular complexity index is 1150. The van der Waals surface area contributed by atoms with E-state index in [-0.39, 0.29) is 17.6 Å². The van der Waals surface area contributed by atoms with Crippen LogP contribution in [0.2, 0.25) is 6.82 Å². The molecular weight excluding hydrogens is 476 g/mol. The summed E-state index contributed by atoms with van der Waals surface area (Å²) >= 11 is 0. The monoisotopic (exact) mass is 511 g/mol. The number of halogens is 1. The van der Waals surface area contributed by atoms with Gasteiger partial charge in [-0.1, -0.05) is 23.8 Å².